The first-order valence-electron chi connectivity index (χ1n) is 4.16. The second kappa shape index (κ2) is 4.90. The molecule has 0 amide bonds. The van der Waals surface area contributed by atoms with Crippen molar-refractivity contribution in [2.45, 2.75) is 6.92 Å². The standard InChI is InChI=1S/C7H7ClN2O6S2/c1-4-2-7(10-18(14,15)16)5(8)3-6(4)9-17(11,12)13/h2-3H,1H3,(H,11,12,13)(H,14,15,16)/p-2. The number of halogens is 1. The van der Waals surface area contributed by atoms with E-state index >= 15 is 0 Å². The minimum atomic E-state index is -4.88. The maximum Gasteiger partial charge on any atom is 0.203 e. The Morgan fingerprint density at radius 2 is 1.44 bits per heavy atom. The van der Waals surface area contributed by atoms with Crippen molar-refractivity contribution in [3.05, 3.63) is 22.8 Å². The summed E-state index contributed by atoms with van der Waals surface area (Å²) in [6, 6.07) is 0. The van der Waals surface area contributed by atoms with Crippen LogP contribution in [0, 0.1) is 0 Å². The molecule has 0 aromatic rings. The molecule has 1 aliphatic rings. The van der Waals surface area contributed by atoms with Crippen LogP contribution in [-0.2, 0) is 20.6 Å². The number of hydrogen-bond donors (Lipinski definition) is 0. The summed E-state index contributed by atoms with van der Waals surface area (Å²) < 4.78 is 68.3. The molecule has 1 aliphatic carbocycles. The highest BCUT2D eigenvalue weighted by Crippen LogP contribution is 2.18. The quantitative estimate of drug-likeness (QED) is 0.514. The lowest BCUT2D eigenvalue weighted by Crippen LogP contribution is -2.13. The SMILES string of the molecule is CC1=CC(=NS(=O)(=O)[O-])C(Cl)=CC1=NS(=O)(=O)[O-]. The third-order valence-electron chi connectivity index (χ3n) is 1.69. The lowest BCUT2D eigenvalue weighted by molar-refractivity contribution is 0.462. The molecule has 1 rings (SSSR count). The summed E-state index contributed by atoms with van der Waals surface area (Å²) in [6.07, 6.45) is 1.96. The van der Waals surface area contributed by atoms with E-state index in [9.17, 15) is 25.9 Å². The Morgan fingerprint density at radius 1 is 1.00 bits per heavy atom. The zero-order valence-electron chi connectivity index (χ0n) is 8.69. The van der Waals surface area contributed by atoms with Gasteiger partial charge in [-0.15, -0.1) is 0 Å². The minimum Gasteiger partial charge on any atom is -0.730 e. The molecule has 0 aromatic heterocycles. The third-order valence-corrected chi connectivity index (χ3v) is 2.83. The summed E-state index contributed by atoms with van der Waals surface area (Å²) in [5.74, 6) is 0. The van der Waals surface area contributed by atoms with Crippen LogP contribution in [0.25, 0.3) is 0 Å². The van der Waals surface area contributed by atoms with Gasteiger partial charge in [0.25, 0.3) is 0 Å². The summed E-state index contributed by atoms with van der Waals surface area (Å²) in [5.41, 5.74) is -0.482. The van der Waals surface area contributed by atoms with Crippen LogP contribution in [0.3, 0.4) is 0 Å². The maximum absolute atomic E-state index is 10.4. The van der Waals surface area contributed by atoms with Crippen molar-refractivity contribution in [1.82, 2.24) is 0 Å². The molecule has 0 aliphatic heterocycles. The van der Waals surface area contributed by atoms with Gasteiger partial charge in [-0.25, -0.2) is 16.8 Å². The molecule has 8 nitrogen and oxygen atoms in total. The Bertz CT molecular complexity index is 636. The van der Waals surface area contributed by atoms with Gasteiger partial charge in [0.05, 0.1) is 16.5 Å². The fourth-order valence-electron chi connectivity index (χ4n) is 1.06. The Hall–Kier alpha value is -1.07. The maximum atomic E-state index is 10.4. The van der Waals surface area contributed by atoms with Crippen molar-refractivity contribution >= 4 is 43.6 Å². The van der Waals surface area contributed by atoms with Gasteiger partial charge in [0.15, 0.2) is 0 Å². The van der Waals surface area contributed by atoms with E-state index in [2.05, 4.69) is 8.80 Å². The number of rotatable bonds is 2. The van der Waals surface area contributed by atoms with Crippen molar-refractivity contribution in [2.24, 2.45) is 8.80 Å². The van der Waals surface area contributed by atoms with Crippen LogP contribution in [0.15, 0.2) is 31.6 Å². The molecule has 0 saturated heterocycles. The lowest BCUT2D eigenvalue weighted by Gasteiger charge is -2.12. The first kappa shape index (κ1) is 15.0. The summed E-state index contributed by atoms with van der Waals surface area (Å²) in [4.78, 5) is 0. The van der Waals surface area contributed by atoms with Gasteiger partial charge >= 0.3 is 0 Å². The molecule has 0 heterocycles. The first-order chi connectivity index (χ1) is 7.98. The summed E-state index contributed by atoms with van der Waals surface area (Å²) >= 11 is 5.58. The number of nitrogens with zero attached hydrogens (tertiary/aromatic N) is 2. The fraction of sp³-hybridized carbons (Fsp3) is 0.143. The summed E-state index contributed by atoms with van der Waals surface area (Å²) in [7, 11) is -9.74. The molecule has 0 spiro atoms. The second-order valence-corrected chi connectivity index (χ2v) is 5.61. The van der Waals surface area contributed by atoms with Gasteiger partial charge in [0, 0.05) is 0 Å². The van der Waals surface area contributed by atoms with Crippen molar-refractivity contribution < 1.29 is 25.9 Å². The molecule has 0 unspecified atom stereocenters. The van der Waals surface area contributed by atoms with Crippen molar-refractivity contribution in [3.63, 3.8) is 0 Å². The van der Waals surface area contributed by atoms with Crippen LogP contribution in [-0.4, -0.2) is 37.4 Å². The Labute approximate surface area is 108 Å². The van der Waals surface area contributed by atoms with E-state index in [-0.39, 0.29) is 22.0 Å². The molecule has 0 radical (unpaired) electrons. The molecule has 100 valence electrons. The van der Waals surface area contributed by atoms with Gasteiger partial charge in [0.2, 0.25) is 20.6 Å². The van der Waals surface area contributed by atoms with Crippen molar-refractivity contribution in [1.29, 1.82) is 0 Å². The largest absolute Gasteiger partial charge is 0.730 e. The monoisotopic (exact) mass is 312 g/mol. The molecule has 0 fully saturated rings. The van der Waals surface area contributed by atoms with E-state index in [1.807, 2.05) is 0 Å². The van der Waals surface area contributed by atoms with E-state index in [1.54, 1.807) is 0 Å². The predicted molar refractivity (Wildman–Crippen MR) is 62.0 cm³/mol. The molecule has 0 N–H and O–H groups in total. The van der Waals surface area contributed by atoms with E-state index in [4.69, 9.17) is 11.6 Å². The van der Waals surface area contributed by atoms with Crippen LogP contribution < -0.4 is 0 Å². The normalized spacial score (nSPS) is 22.0. The molecule has 0 saturated carbocycles. The minimum absolute atomic E-state index is 0.126. The second-order valence-electron chi connectivity index (χ2n) is 3.13. The third kappa shape index (κ3) is 4.66. The van der Waals surface area contributed by atoms with Crippen LogP contribution in [0.5, 0.6) is 0 Å². The number of hydrogen-bond acceptors (Lipinski definition) is 6. The molecule has 18 heavy (non-hydrogen) atoms. The van der Waals surface area contributed by atoms with E-state index in [1.165, 1.54) is 6.92 Å². The molecule has 0 atom stereocenters. The predicted octanol–water partition coefficient (Wildman–Crippen LogP) is -0.129. The molecule has 0 aromatic carbocycles. The van der Waals surface area contributed by atoms with Crippen LogP contribution >= 0.6 is 11.6 Å². The number of allylic oxidation sites excluding steroid dienone is 4. The van der Waals surface area contributed by atoms with E-state index in [0.717, 1.165) is 12.2 Å². The topological polar surface area (TPSA) is 139 Å². The van der Waals surface area contributed by atoms with Gasteiger partial charge in [-0.1, -0.05) is 11.6 Å². The molecular formula is C7H5ClN2O6S2-2. The van der Waals surface area contributed by atoms with Gasteiger partial charge < -0.3 is 9.11 Å². The van der Waals surface area contributed by atoms with Crippen molar-refractivity contribution in [3.8, 4) is 0 Å². The van der Waals surface area contributed by atoms with Crippen LogP contribution in [0.1, 0.15) is 6.92 Å². The Balaban J connectivity index is 3.33. The van der Waals surface area contributed by atoms with Gasteiger partial charge in [0.1, 0.15) is 0 Å². The van der Waals surface area contributed by atoms with E-state index < -0.39 is 20.6 Å². The zero-order valence-corrected chi connectivity index (χ0v) is 11.1. The van der Waals surface area contributed by atoms with Crippen molar-refractivity contribution in [2.75, 3.05) is 0 Å². The smallest absolute Gasteiger partial charge is 0.203 e. The first-order valence-corrected chi connectivity index (χ1v) is 7.26. The fourth-order valence-corrected chi connectivity index (χ4v) is 2.14. The van der Waals surface area contributed by atoms with Crippen LogP contribution in [0.2, 0.25) is 0 Å². The van der Waals surface area contributed by atoms with Crippen LogP contribution in [0.4, 0.5) is 0 Å². The zero-order chi connectivity index (χ0) is 14.1. The highest BCUT2D eigenvalue weighted by Gasteiger charge is 2.14. The average molecular weight is 313 g/mol. The Kier molecular flexibility index (Phi) is 4.08. The summed E-state index contributed by atoms with van der Waals surface area (Å²) in [5, 5.41) is -0.317. The molecule has 0 bridgehead atoms. The van der Waals surface area contributed by atoms with Gasteiger partial charge in [-0.05, 0) is 24.6 Å². The Morgan fingerprint density at radius 3 is 1.89 bits per heavy atom. The van der Waals surface area contributed by atoms with E-state index in [0.29, 0.717) is 0 Å². The average Bonchev–Trinajstić information content (AvgIpc) is 2.08. The highest BCUT2D eigenvalue weighted by molar-refractivity contribution is 7.84. The molecule has 11 heteroatoms. The summed E-state index contributed by atoms with van der Waals surface area (Å²) in [6.45, 7) is 1.34. The lowest BCUT2D eigenvalue weighted by atomic mass is 10.0. The highest BCUT2D eigenvalue weighted by atomic mass is 35.5. The van der Waals surface area contributed by atoms with Gasteiger partial charge in [-0.3, -0.25) is 0 Å². The molecular weight excluding hydrogens is 308 g/mol. The van der Waals surface area contributed by atoms with Gasteiger partial charge in [-0.2, -0.15) is 8.80 Å².